The Bertz CT molecular complexity index is 1180. The van der Waals surface area contributed by atoms with Crippen molar-refractivity contribution in [1.29, 1.82) is 0 Å². The Kier molecular flexibility index (Phi) is 2.82. The quantitative estimate of drug-likeness (QED) is 0.536. The average molecular weight is 329 g/mol. The Morgan fingerprint density at radius 1 is 1.09 bits per heavy atom. The highest BCUT2D eigenvalue weighted by Gasteiger charge is 2.17. The first-order valence-electron chi connectivity index (χ1n) is 6.75. The molecule has 0 bridgehead atoms. The fourth-order valence-electron chi connectivity index (χ4n) is 2.47. The van der Waals surface area contributed by atoms with Gasteiger partial charge in [-0.3, -0.25) is 9.71 Å². The first-order chi connectivity index (χ1) is 11.0. The first-order valence-corrected chi connectivity index (χ1v) is 8.23. The molecule has 4 aromatic rings. The summed E-state index contributed by atoms with van der Waals surface area (Å²) in [5.74, 6) is -0.626. The number of H-pyrrole nitrogens is 2. The third-order valence-electron chi connectivity index (χ3n) is 3.53. The average Bonchev–Trinajstić information content (AvgIpc) is 3.11. The number of para-hydroxylation sites is 1. The van der Waals surface area contributed by atoms with Crippen molar-refractivity contribution in [3.05, 3.63) is 59.2 Å². The van der Waals surface area contributed by atoms with Gasteiger partial charge in [0, 0.05) is 17.6 Å². The van der Waals surface area contributed by atoms with E-state index in [2.05, 4.69) is 14.7 Å². The molecule has 0 fully saturated rings. The van der Waals surface area contributed by atoms with E-state index in [1.54, 1.807) is 18.3 Å². The molecule has 3 N–H and O–H groups in total. The SMILES string of the molecule is O=c1[nH]c2ccc(S(=O)(=O)Nc3cccc4cc[nH]c34)cc2o1. The minimum absolute atomic E-state index is 0.0105. The van der Waals surface area contributed by atoms with Crippen LogP contribution >= 0.6 is 0 Å². The van der Waals surface area contributed by atoms with E-state index in [0.29, 0.717) is 16.7 Å². The molecule has 0 unspecified atom stereocenters. The normalized spacial score (nSPS) is 12.0. The van der Waals surface area contributed by atoms with Crippen LogP contribution in [0.1, 0.15) is 0 Å². The van der Waals surface area contributed by atoms with E-state index in [1.165, 1.54) is 18.2 Å². The van der Waals surface area contributed by atoms with Gasteiger partial charge in [-0.15, -0.1) is 0 Å². The van der Waals surface area contributed by atoms with E-state index in [-0.39, 0.29) is 10.5 Å². The monoisotopic (exact) mass is 329 g/mol. The zero-order chi connectivity index (χ0) is 16.0. The molecule has 0 aliphatic heterocycles. The van der Waals surface area contributed by atoms with Crippen molar-refractivity contribution in [2.24, 2.45) is 0 Å². The largest absolute Gasteiger partial charge is 0.417 e. The van der Waals surface area contributed by atoms with Gasteiger partial charge < -0.3 is 9.40 Å². The number of nitrogens with one attached hydrogen (secondary N) is 3. The summed E-state index contributed by atoms with van der Waals surface area (Å²) in [4.78, 5) is 16.6. The molecule has 23 heavy (non-hydrogen) atoms. The molecule has 0 radical (unpaired) electrons. The molecular weight excluding hydrogens is 318 g/mol. The Morgan fingerprint density at radius 3 is 2.83 bits per heavy atom. The summed E-state index contributed by atoms with van der Waals surface area (Å²) < 4.78 is 32.6. The Balaban J connectivity index is 1.79. The summed E-state index contributed by atoms with van der Waals surface area (Å²) in [5.41, 5.74) is 1.78. The van der Waals surface area contributed by atoms with Gasteiger partial charge in [0.25, 0.3) is 10.0 Å². The van der Waals surface area contributed by atoms with Gasteiger partial charge in [-0.2, -0.15) is 0 Å². The summed E-state index contributed by atoms with van der Waals surface area (Å²) in [7, 11) is -3.81. The van der Waals surface area contributed by atoms with E-state index in [4.69, 9.17) is 4.42 Å². The van der Waals surface area contributed by atoms with Gasteiger partial charge >= 0.3 is 5.76 Å². The lowest BCUT2D eigenvalue weighted by Gasteiger charge is -2.09. The fourth-order valence-corrected chi connectivity index (χ4v) is 3.55. The number of benzene rings is 2. The van der Waals surface area contributed by atoms with E-state index < -0.39 is 15.8 Å². The van der Waals surface area contributed by atoms with Crippen LogP contribution in [-0.2, 0) is 10.0 Å². The molecule has 0 aliphatic rings. The number of hydrogen-bond donors (Lipinski definition) is 3. The standard InChI is InChI=1S/C15H11N3O4S/c19-15-17-11-5-4-10(8-13(11)22-15)23(20,21)18-12-3-1-2-9-6-7-16-14(9)12/h1-8,16,18H,(H,17,19). The van der Waals surface area contributed by atoms with Gasteiger partial charge in [0.2, 0.25) is 0 Å². The topological polar surface area (TPSA) is 108 Å². The van der Waals surface area contributed by atoms with Crippen LogP contribution in [-0.4, -0.2) is 18.4 Å². The van der Waals surface area contributed by atoms with Gasteiger partial charge in [-0.1, -0.05) is 12.1 Å². The predicted molar refractivity (Wildman–Crippen MR) is 85.9 cm³/mol. The minimum Gasteiger partial charge on any atom is -0.408 e. The summed E-state index contributed by atoms with van der Waals surface area (Å²) in [6, 6.07) is 11.4. The lowest BCUT2D eigenvalue weighted by molar-refractivity contribution is 0.554. The summed E-state index contributed by atoms with van der Waals surface area (Å²) in [5, 5.41) is 0.900. The van der Waals surface area contributed by atoms with E-state index in [0.717, 1.165) is 5.39 Å². The van der Waals surface area contributed by atoms with Crippen LogP contribution in [0.5, 0.6) is 0 Å². The summed E-state index contributed by atoms with van der Waals surface area (Å²) in [6.07, 6.45) is 1.74. The number of oxazole rings is 1. The van der Waals surface area contributed by atoms with Gasteiger partial charge in [0.15, 0.2) is 5.58 Å². The summed E-state index contributed by atoms with van der Waals surface area (Å²) in [6.45, 7) is 0. The van der Waals surface area contributed by atoms with Crippen molar-refractivity contribution in [2.45, 2.75) is 4.90 Å². The van der Waals surface area contributed by atoms with Crippen LogP contribution in [0, 0.1) is 0 Å². The third kappa shape index (κ3) is 2.29. The third-order valence-corrected chi connectivity index (χ3v) is 4.90. The minimum atomic E-state index is -3.81. The lowest BCUT2D eigenvalue weighted by atomic mass is 10.2. The predicted octanol–water partition coefficient (Wildman–Crippen LogP) is 2.40. The number of sulfonamides is 1. The van der Waals surface area contributed by atoms with Gasteiger partial charge in [-0.25, -0.2) is 13.2 Å². The maximum atomic E-state index is 12.6. The second kappa shape index (κ2) is 4.75. The number of aromatic nitrogens is 2. The molecule has 2 heterocycles. The molecule has 0 atom stereocenters. The number of hydrogen-bond acceptors (Lipinski definition) is 4. The van der Waals surface area contributed by atoms with Gasteiger partial charge in [-0.05, 0) is 24.3 Å². The van der Waals surface area contributed by atoms with Gasteiger partial charge in [0.1, 0.15) is 0 Å². The highest BCUT2D eigenvalue weighted by atomic mass is 32.2. The van der Waals surface area contributed by atoms with Crippen LogP contribution in [0.25, 0.3) is 22.0 Å². The molecule has 116 valence electrons. The van der Waals surface area contributed by atoms with Crippen molar-refractivity contribution in [1.82, 2.24) is 9.97 Å². The van der Waals surface area contributed by atoms with E-state index in [9.17, 15) is 13.2 Å². The van der Waals surface area contributed by atoms with Crippen LogP contribution < -0.4 is 10.5 Å². The first kappa shape index (κ1) is 13.6. The number of aromatic amines is 2. The van der Waals surface area contributed by atoms with Crippen LogP contribution in [0.4, 0.5) is 5.69 Å². The van der Waals surface area contributed by atoms with E-state index in [1.807, 2.05) is 12.1 Å². The molecular formula is C15H11N3O4S. The molecule has 7 nitrogen and oxygen atoms in total. The summed E-state index contributed by atoms with van der Waals surface area (Å²) >= 11 is 0. The Labute approximate surface area is 130 Å². The highest BCUT2D eigenvalue weighted by molar-refractivity contribution is 7.92. The van der Waals surface area contributed by atoms with Crippen LogP contribution in [0.3, 0.4) is 0 Å². The molecule has 0 saturated carbocycles. The zero-order valence-electron chi connectivity index (χ0n) is 11.7. The lowest BCUT2D eigenvalue weighted by Crippen LogP contribution is -2.13. The zero-order valence-corrected chi connectivity index (χ0v) is 12.5. The second-order valence-electron chi connectivity index (χ2n) is 5.03. The second-order valence-corrected chi connectivity index (χ2v) is 6.71. The Morgan fingerprint density at radius 2 is 1.96 bits per heavy atom. The van der Waals surface area contributed by atoms with E-state index >= 15 is 0 Å². The highest BCUT2D eigenvalue weighted by Crippen LogP contribution is 2.25. The van der Waals surface area contributed by atoms with Crippen LogP contribution in [0.2, 0.25) is 0 Å². The fraction of sp³-hybridized carbons (Fsp3) is 0. The molecule has 0 saturated heterocycles. The van der Waals surface area contributed by atoms with Crippen molar-refractivity contribution in [2.75, 3.05) is 4.72 Å². The van der Waals surface area contributed by atoms with Crippen molar-refractivity contribution in [3.63, 3.8) is 0 Å². The van der Waals surface area contributed by atoms with Crippen molar-refractivity contribution < 1.29 is 12.8 Å². The maximum absolute atomic E-state index is 12.6. The number of rotatable bonds is 3. The molecule has 8 heteroatoms. The maximum Gasteiger partial charge on any atom is 0.417 e. The van der Waals surface area contributed by atoms with Crippen LogP contribution in [0.15, 0.2) is 62.8 Å². The number of fused-ring (bicyclic) bond motifs is 2. The van der Waals surface area contributed by atoms with Gasteiger partial charge in [0.05, 0.1) is 21.6 Å². The Hall–Kier alpha value is -3.00. The molecule has 2 aromatic carbocycles. The number of anilines is 1. The smallest absolute Gasteiger partial charge is 0.408 e. The molecule has 0 spiro atoms. The molecule has 2 aromatic heterocycles. The molecule has 4 rings (SSSR count). The molecule has 0 aliphatic carbocycles. The van der Waals surface area contributed by atoms with Crippen molar-refractivity contribution in [3.8, 4) is 0 Å². The molecule has 0 amide bonds. The van der Waals surface area contributed by atoms with Crippen molar-refractivity contribution >= 4 is 37.7 Å².